The predicted octanol–water partition coefficient (Wildman–Crippen LogP) is 2.88. The molecule has 2 N–H and O–H groups in total. The Morgan fingerprint density at radius 3 is 2.54 bits per heavy atom. The van der Waals surface area contributed by atoms with Gasteiger partial charge < -0.3 is 5.73 Å². The summed E-state index contributed by atoms with van der Waals surface area (Å²) >= 11 is 0. The van der Waals surface area contributed by atoms with Gasteiger partial charge in [-0.3, -0.25) is 0 Å². The lowest BCUT2D eigenvalue weighted by Crippen LogP contribution is -2.07. The lowest BCUT2D eigenvalue weighted by molar-refractivity contribution is 0.593. The first-order valence-corrected chi connectivity index (χ1v) is 4.23. The Hall–Kier alpha value is -1.15. The zero-order valence-corrected chi connectivity index (χ0v) is 7.97. The molecule has 1 aromatic carbocycles. The highest BCUT2D eigenvalue weighted by atomic mass is 19.1. The molecule has 0 bridgehead atoms. The van der Waals surface area contributed by atoms with Crippen LogP contribution < -0.4 is 5.73 Å². The smallest absolute Gasteiger partial charge is 0.128 e. The van der Waals surface area contributed by atoms with Crippen LogP contribution in [0.2, 0.25) is 0 Å². The number of allylic oxidation sites excluding steroid dienone is 1. The van der Waals surface area contributed by atoms with Crippen LogP contribution >= 0.6 is 0 Å². The molecule has 1 rings (SSSR count). The first-order valence-electron chi connectivity index (χ1n) is 4.23. The molecule has 1 nitrogen and oxygen atoms in total. The van der Waals surface area contributed by atoms with E-state index in [0.29, 0.717) is 5.56 Å². The van der Waals surface area contributed by atoms with Crippen molar-refractivity contribution in [3.05, 3.63) is 41.7 Å². The SMILES string of the molecule is C=C(C)c1ccc([C@H](C)N)c(F)c1. The molecule has 0 aliphatic carbocycles. The van der Waals surface area contributed by atoms with Crippen LogP contribution in [0.5, 0.6) is 0 Å². The van der Waals surface area contributed by atoms with Crippen molar-refractivity contribution in [2.24, 2.45) is 5.73 Å². The lowest BCUT2D eigenvalue weighted by atomic mass is 10.0. The summed E-state index contributed by atoms with van der Waals surface area (Å²) in [5.41, 5.74) is 7.80. The van der Waals surface area contributed by atoms with E-state index in [9.17, 15) is 4.39 Å². The van der Waals surface area contributed by atoms with Crippen molar-refractivity contribution in [3.63, 3.8) is 0 Å². The molecule has 2 heteroatoms. The van der Waals surface area contributed by atoms with Gasteiger partial charge in [-0.15, -0.1) is 0 Å². The molecular weight excluding hydrogens is 165 g/mol. The Labute approximate surface area is 78.1 Å². The van der Waals surface area contributed by atoms with E-state index in [1.807, 2.05) is 13.0 Å². The first kappa shape index (κ1) is 9.93. The number of hydrogen-bond donors (Lipinski definition) is 1. The number of rotatable bonds is 2. The molecule has 0 unspecified atom stereocenters. The Balaban J connectivity index is 3.13. The molecule has 0 amide bonds. The van der Waals surface area contributed by atoms with Crippen molar-refractivity contribution in [1.29, 1.82) is 0 Å². The van der Waals surface area contributed by atoms with Crippen molar-refractivity contribution in [1.82, 2.24) is 0 Å². The lowest BCUT2D eigenvalue weighted by Gasteiger charge is -2.08. The Bertz CT molecular complexity index is 329. The molecule has 0 radical (unpaired) electrons. The van der Waals surface area contributed by atoms with E-state index >= 15 is 0 Å². The summed E-state index contributed by atoms with van der Waals surface area (Å²) in [5, 5.41) is 0. The summed E-state index contributed by atoms with van der Waals surface area (Å²) in [6, 6.07) is 4.76. The van der Waals surface area contributed by atoms with Crippen LogP contribution in [0.4, 0.5) is 4.39 Å². The van der Waals surface area contributed by atoms with Gasteiger partial charge in [-0.1, -0.05) is 24.3 Å². The minimum absolute atomic E-state index is 0.254. The quantitative estimate of drug-likeness (QED) is 0.742. The Morgan fingerprint density at radius 2 is 2.15 bits per heavy atom. The van der Waals surface area contributed by atoms with Crippen LogP contribution in [-0.2, 0) is 0 Å². The highest BCUT2D eigenvalue weighted by Gasteiger charge is 2.07. The van der Waals surface area contributed by atoms with Crippen molar-refractivity contribution in [2.75, 3.05) is 0 Å². The van der Waals surface area contributed by atoms with E-state index in [4.69, 9.17) is 5.73 Å². The number of benzene rings is 1. The highest BCUT2D eigenvalue weighted by Crippen LogP contribution is 2.19. The van der Waals surface area contributed by atoms with Crippen LogP contribution in [0, 0.1) is 5.82 Å². The summed E-state index contributed by atoms with van der Waals surface area (Å²) in [5.74, 6) is -0.254. The largest absolute Gasteiger partial charge is 0.324 e. The van der Waals surface area contributed by atoms with E-state index in [1.54, 1.807) is 13.0 Å². The van der Waals surface area contributed by atoms with Gasteiger partial charge in [0.25, 0.3) is 0 Å². The van der Waals surface area contributed by atoms with Gasteiger partial charge in [0.2, 0.25) is 0 Å². The molecule has 0 saturated heterocycles. The average Bonchev–Trinajstić information content (AvgIpc) is 2.03. The second-order valence-corrected chi connectivity index (χ2v) is 3.31. The second kappa shape index (κ2) is 3.71. The van der Waals surface area contributed by atoms with Gasteiger partial charge in [0, 0.05) is 11.6 Å². The summed E-state index contributed by atoms with van der Waals surface area (Å²) < 4.78 is 13.3. The maximum absolute atomic E-state index is 13.3. The maximum atomic E-state index is 13.3. The van der Waals surface area contributed by atoms with Crippen molar-refractivity contribution in [3.8, 4) is 0 Å². The van der Waals surface area contributed by atoms with Crippen LogP contribution in [-0.4, -0.2) is 0 Å². The van der Waals surface area contributed by atoms with E-state index in [1.165, 1.54) is 6.07 Å². The fourth-order valence-electron chi connectivity index (χ4n) is 1.16. The molecule has 0 fully saturated rings. The fraction of sp³-hybridized carbons (Fsp3) is 0.273. The van der Waals surface area contributed by atoms with Gasteiger partial charge in [0.05, 0.1) is 0 Å². The molecule has 1 atom stereocenters. The van der Waals surface area contributed by atoms with Crippen molar-refractivity contribution in [2.45, 2.75) is 19.9 Å². The topological polar surface area (TPSA) is 26.0 Å². The third-order valence-electron chi connectivity index (χ3n) is 1.98. The molecule has 0 aliphatic heterocycles. The van der Waals surface area contributed by atoms with Crippen LogP contribution in [0.1, 0.15) is 31.0 Å². The third kappa shape index (κ3) is 2.16. The van der Waals surface area contributed by atoms with Gasteiger partial charge in [-0.2, -0.15) is 0 Å². The minimum Gasteiger partial charge on any atom is -0.324 e. The maximum Gasteiger partial charge on any atom is 0.128 e. The number of halogens is 1. The standard InChI is InChI=1S/C11H14FN/c1-7(2)9-4-5-10(8(3)13)11(12)6-9/h4-6,8H,1,13H2,2-3H3/t8-/m0/s1. The predicted molar refractivity (Wildman–Crippen MR) is 53.7 cm³/mol. The number of hydrogen-bond acceptors (Lipinski definition) is 1. The van der Waals surface area contributed by atoms with Crippen molar-refractivity contribution >= 4 is 5.57 Å². The molecule has 0 aromatic heterocycles. The molecule has 1 aromatic rings. The molecule has 0 saturated carbocycles. The summed E-state index contributed by atoms with van der Waals surface area (Å²) in [4.78, 5) is 0. The zero-order valence-electron chi connectivity index (χ0n) is 7.97. The van der Waals surface area contributed by atoms with Gasteiger partial charge >= 0.3 is 0 Å². The van der Waals surface area contributed by atoms with Crippen molar-refractivity contribution < 1.29 is 4.39 Å². The van der Waals surface area contributed by atoms with Crippen LogP contribution in [0.3, 0.4) is 0 Å². The molecule has 0 spiro atoms. The molecule has 0 heterocycles. The monoisotopic (exact) mass is 179 g/mol. The van der Waals surface area contributed by atoms with E-state index in [2.05, 4.69) is 6.58 Å². The Kier molecular flexibility index (Phi) is 2.83. The van der Waals surface area contributed by atoms with E-state index < -0.39 is 0 Å². The first-order chi connectivity index (χ1) is 6.02. The molecule has 13 heavy (non-hydrogen) atoms. The minimum atomic E-state index is -0.265. The molecular formula is C11H14FN. The van der Waals surface area contributed by atoms with Crippen LogP contribution in [0.25, 0.3) is 5.57 Å². The van der Waals surface area contributed by atoms with E-state index in [0.717, 1.165) is 11.1 Å². The van der Waals surface area contributed by atoms with Gasteiger partial charge in [0.1, 0.15) is 5.82 Å². The molecule has 70 valence electrons. The van der Waals surface area contributed by atoms with Gasteiger partial charge in [-0.05, 0) is 25.5 Å². The van der Waals surface area contributed by atoms with Gasteiger partial charge in [-0.25, -0.2) is 4.39 Å². The third-order valence-corrected chi connectivity index (χ3v) is 1.98. The van der Waals surface area contributed by atoms with Gasteiger partial charge in [0.15, 0.2) is 0 Å². The van der Waals surface area contributed by atoms with E-state index in [-0.39, 0.29) is 11.9 Å². The second-order valence-electron chi connectivity index (χ2n) is 3.31. The zero-order chi connectivity index (χ0) is 10.0. The summed E-state index contributed by atoms with van der Waals surface area (Å²) in [6.07, 6.45) is 0. The fourth-order valence-corrected chi connectivity index (χ4v) is 1.16. The Morgan fingerprint density at radius 1 is 1.54 bits per heavy atom. The average molecular weight is 179 g/mol. The normalized spacial score (nSPS) is 12.6. The highest BCUT2D eigenvalue weighted by molar-refractivity contribution is 5.61. The van der Waals surface area contributed by atoms with Crippen LogP contribution in [0.15, 0.2) is 24.8 Å². The summed E-state index contributed by atoms with van der Waals surface area (Å²) in [7, 11) is 0. The summed E-state index contributed by atoms with van der Waals surface area (Å²) in [6.45, 7) is 7.35. The molecule has 0 aliphatic rings. The number of nitrogens with two attached hydrogens (primary N) is 1.